The summed E-state index contributed by atoms with van der Waals surface area (Å²) in [7, 11) is 0. The zero-order valence-electron chi connectivity index (χ0n) is 13.2. The average Bonchev–Trinajstić information content (AvgIpc) is 2.53. The largest absolute Gasteiger partial charge is 0.340 e. The van der Waals surface area contributed by atoms with Gasteiger partial charge in [0.15, 0.2) is 0 Å². The number of amides is 1. The molecule has 1 aliphatic rings. The van der Waals surface area contributed by atoms with Gasteiger partial charge in [-0.25, -0.2) is 0 Å². The number of benzene rings is 1. The fraction of sp³-hybridized carbons (Fsp3) is 0.588. The van der Waals surface area contributed by atoms with E-state index in [0.717, 1.165) is 32.6 Å². The highest BCUT2D eigenvalue weighted by Gasteiger charge is 2.23. The molecule has 1 amide bonds. The molecule has 0 bridgehead atoms. The first kappa shape index (κ1) is 16.0. The van der Waals surface area contributed by atoms with Crippen molar-refractivity contribution in [1.29, 1.82) is 0 Å². The van der Waals surface area contributed by atoms with Crippen LogP contribution in [0.5, 0.6) is 0 Å². The molecule has 1 heterocycles. The van der Waals surface area contributed by atoms with Crippen LogP contribution in [0.25, 0.3) is 0 Å². The maximum absolute atomic E-state index is 12.3. The van der Waals surface area contributed by atoms with Crippen molar-refractivity contribution in [2.24, 2.45) is 5.73 Å². The van der Waals surface area contributed by atoms with Crippen molar-refractivity contribution in [2.75, 3.05) is 32.7 Å². The number of nitrogens with zero attached hydrogens (tertiary/aromatic N) is 2. The number of rotatable bonds is 5. The van der Waals surface area contributed by atoms with Crippen molar-refractivity contribution >= 4 is 5.91 Å². The van der Waals surface area contributed by atoms with E-state index in [-0.39, 0.29) is 5.91 Å². The summed E-state index contributed by atoms with van der Waals surface area (Å²) in [4.78, 5) is 16.7. The standard InChI is InChI=1S/C17H27N3O/c1-14-5-3-4-6-16(14)7-8-17(21)20-11-9-19(10-12-20)15(2)13-18/h3-6,15H,7-13,18H2,1-2H3. The predicted octanol–water partition coefficient (Wildman–Crippen LogP) is 1.42. The fourth-order valence-corrected chi connectivity index (χ4v) is 2.85. The Kier molecular flexibility index (Phi) is 5.76. The SMILES string of the molecule is Cc1ccccc1CCC(=O)N1CCN(C(C)CN)CC1. The number of aryl methyl sites for hydroxylation is 2. The molecule has 0 spiro atoms. The van der Waals surface area contributed by atoms with Gasteiger partial charge in [0.1, 0.15) is 0 Å². The third-order valence-corrected chi connectivity index (χ3v) is 4.50. The second kappa shape index (κ2) is 7.57. The molecule has 116 valence electrons. The molecule has 1 saturated heterocycles. The number of nitrogens with two attached hydrogens (primary N) is 1. The minimum atomic E-state index is 0.276. The van der Waals surface area contributed by atoms with Crippen LogP contribution in [0.1, 0.15) is 24.5 Å². The van der Waals surface area contributed by atoms with Gasteiger partial charge in [0.25, 0.3) is 0 Å². The van der Waals surface area contributed by atoms with Gasteiger partial charge in [0.05, 0.1) is 0 Å². The van der Waals surface area contributed by atoms with Crippen molar-refractivity contribution in [3.05, 3.63) is 35.4 Å². The van der Waals surface area contributed by atoms with Gasteiger partial charge in [0.2, 0.25) is 5.91 Å². The number of carbonyl (C=O) groups excluding carboxylic acids is 1. The summed E-state index contributed by atoms with van der Waals surface area (Å²) >= 11 is 0. The molecular weight excluding hydrogens is 262 g/mol. The van der Waals surface area contributed by atoms with E-state index < -0.39 is 0 Å². The van der Waals surface area contributed by atoms with Crippen LogP contribution in [0.15, 0.2) is 24.3 Å². The first-order chi connectivity index (χ1) is 10.1. The average molecular weight is 289 g/mol. The van der Waals surface area contributed by atoms with Gasteiger partial charge in [-0.3, -0.25) is 9.69 Å². The van der Waals surface area contributed by atoms with Crippen LogP contribution in [0.2, 0.25) is 0 Å². The lowest BCUT2D eigenvalue weighted by atomic mass is 10.0. The van der Waals surface area contributed by atoms with Crippen LogP contribution < -0.4 is 5.73 Å². The van der Waals surface area contributed by atoms with Crippen LogP contribution in [0, 0.1) is 6.92 Å². The molecule has 1 aliphatic heterocycles. The molecule has 2 rings (SSSR count). The third kappa shape index (κ3) is 4.29. The summed E-state index contributed by atoms with van der Waals surface area (Å²) in [5.41, 5.74) is 8.25. The molecule has 0 aliphatic carbocycles. The lowest BCUT2D eigenvalue weighted by Crippen LogP contribution is -2.52. The highest BCUT2D eigenvalue weighted by Crippen LogP contribution is 2.12. The molecule has 1 aromatic carbocycles. The van der Waals surface area contributed by atoms with Gasteiger partial charge in [-0.1, -0.05) is 24.3 Å². The second-order valence-electron chi connectivity index (χ2n) is 5.93. The van der Waals surface area contributed by atoms with Gasteiger partial charge in [-0.15, -0.1) is 0 Å². The Balaban J connectivity index is 1.79. The lowest BCUT2D eigenvalue weighted by Gasteiger charge is -2.37. The lowest BCUT2D eigenvalue weighted by molar-refractivity contribution is -0.133. The minimum Gasteiger partial charge on any atom is -0.340 e. The summed E-state index contributed by atoms with van der Waals surface area (Å²) in [5, 5.41) is 0. The predicted molar refractivity (Wildman–Crippen MR) is 86.2 cm³/mol. The van der Waals surface area contributed by atoms with E-state index in [1.807, 2.05) is 17.0 Å². The molecule has 0 radical (unpaired) electrons. The van der Waals surface area contributed by atoms with E-state index in [9.17, 15) is 4.79 Å². The molecule has 1 unspecified atom stereocenters. The normalized spacial score (nSPS) is 17.8. The Morgan fingerprint density at radius 1 is 1.24 bits per heavy atom. The van der Waals surface area contributed by atoms with Crippen molar-refractivity contribution < 1.29 is 4.79 Å². The molecule has 2 N–H and O–H groups in total. The molecule has 4 heteroatoms. The topological polar surface area (TPSA) is 49.6 Å². The second-order valence-corrected chi connectivity index (χ2v) is 5.93. The Morgan fingerprint density at radius 3 is 2.52 bits per heavy atom. The summed E-state index contributed by atoms with van der Waals surface area (Å²) in [5.74, 6) is 0.276. The van der Waals surface area contributed by atoms with Gasteiger partial charge < -0.3 is 10.6 Å². The van der Waals surface area contributed by atoms with E-state index in [1.165, 1.54) is 11.1 Å². The number of hydrogen-bond acceptors (Lipinski definition) is 3. The van der Waals surface area contributed by atoms with Gasteiger partial charge in [0, 0.05) is 45.2 Å². The van der Waals surface area contributed by atoms with Crippen LogP contribution in [0.4, 0.5) is 0 Å². The van der Waals surface area contributed by atoms with Gasteiger partial charge in [-0.05, 0) is 31.4 Å². The highest BCUT2D eigenvalue weighted by molar-refractivity contribution is 5.76. The third-order valence-electron chi connectivity index (χ3n) is 4.50. The van der Waals surface area contributed by atoms with Crippen molar-refractivity contribution in [3.8, 4) is 0 Å². The maximum Gasteiger partial charge on any atom is 0.222 e. The van der Waals surface area contributed by atoms with Crippen molar-refractivity contribution in [3.63, 3.8) is 0 Å². The Morgan fingerprint density at radius 2 is 1.90 bits per heavy atom. The van der Waals surface area contributed by atoms with E-state index in [1.54, 1.807) is 0 Å². The van der Waals surface area contributed by atoms with Crippen LogP contribution in [0.3, 0.4) is 0 Å². The Labute approximate surface area is 127 Å². The smallest absolute Gasteiger partial charge is 0.222 e. The van der Waals surface area contributed by atoms with Crippen LogP contribution in [-0.4, -0.2) is 54.5 Å². The molecule has 4 nitrogen and oxygen atoms in total. The van der Waals surface area contributed by atoms with E-state index in [2.05, 4.69) is 30.9 Å². The van der Waals surface area contributed by atoms with E-state index in [4.69, 9.17) is 5.73 Å². The summed E-state index contributed by atoms with van der Waals surface area (Å²) in [6.45, 7) is 8.47. The number of carbonyl (C=O) groups is 1. The highest BCUT2D eigenvalue weighted by atomic mass is 16.2. The molecule has 21 heavy (non-hydrogen) atoms. The molecule has 1 fully saturated rings. The number of hydrogen-bond donors (Lipinski definition) is 1. The van der Waals surface area contributed by atoms with Crippen molar-refractivity contribution in [2.45, 2.75) is 32.7 Å². The van der Waals surface area contributed by atoms with Gasteiger partial charge >= 0.3 is 0 Å². The summed E-state index contributed by atoms with van der Waals surface area (Å²) in [6, 6.07) is 8.71. The van der Waals surface area contributed by atoms with E-state index in [0.29, 0.717) is 19.0 Å². The molecule has 0 aromatic heterocycles. The molecule has 1 aromatic rings. The molecule has 1 atom stereocenters. The van der Waals surface area contributed by atoms with Crippen molar-refractivity contribution in [1.82, 2.24) is 9.80 Å². The fourth-order valence-electron chi connectivity index (χ4n) is 2.85. The van der Waals surface area contributed by atoms with Gasteiger partial charge in [-0.2, -0.15) is 0 Å². The van der Waals surface area contributed by atoms with E-state index >= 15 is 0 Å². The zero-order valence-corrected chi connectivity index (χ0v) is 13.2. The monoisotopic (exact) mass is 289 g/mol. The summed E-state index contributed by atoms with van der Waals surface area (Å²) < 4.78 is 0. The first-order valence-electron chi connectivity index (χ1n) is 7.88. The number of piperazine rings is 1. The Hall–Kier alpha value is -1.39. The quantitative estimate of drug-likeness (QED) is 0.892. The summed E-state index contributed by atoms with van der Waals surface area (Å²) in [6.07, 6.45) is 1.45. The molecule has 0 saturated carbocycles. The molecular formula is C17H27N3O. The Bertz CT molecular complexity index is 467. The first-order valence-corrected chi connectivity index (χ1v) is 7.88. The zero-order chi connectivity index (χ0) is 15.2. The minimum absolute atomic E-state index is 0.276. The van der Waals surface area contributed by atoms with Crippen LogP contribution >= 0.6 is 0 Å². The van der Waals surface area contributed by atoms with Crippen LogP contribution in [-0.2, 0) is 11.2 Å². The maximum atomic E-state index is 12.3.